The van der Waals surface area contributed by atoms with E-state index in [9.17, 15) is 0 Å². The summed E-state index contributed by atoms with van der Waals surface area (Å²) in [6.45, 7) is 0. The molecule has 0 aliphatic rings. The zero-order valence-electron chi connectivity index (χ0n) is 10.3. The number of nitrogens with zero attached hydrogens (tertiary/aromatic N) is 1. The predicted octanol–water partition coefficient (Wildman–Crippen LogP) is 4.50. The average Bonchev–Trinajstić information content (AvgIpc) is 2.41. The second kappa shape index (κ2) is 6.88. The van der Waals surface area contributed by atoms with E-state index in [-0.39, 0.29) is 6.04 Å². The average molecular weight is 407 g/mol. The Balaban J connectivity index is 2.25. The highest BCUT2D eigenvalue weighted by molar-refractivity contribution is 14.1. The number of hydrogen-bond acceptors (Lipinski definition) is 2. The number of benzene rings is 1. The van der Waals surface area contributed by atoms with Gasteiger partial charge in [0.2, 0.25) is 0 Å². The lowest BCUT2D eigenvalue weighted by atomic mass is 10.00. The van der Waals surface area contributed by atoms with Crippen LogP contribution in [0.3, 0.4) is 0 Å². The van der Waals surface area contributed by atoms with Crippen LogP contribution in [0.15, 0.2) is 36.7 Å². The van der Waals surface area contributed by atoms with Crippen LogP contribution < -0.4 is 5.32 Å². The first kappa shape index (κ1) is 15.0. The van der Waals surface area contributed by atoms with Gasteiger partial charge in [-0.25, -0.2) is 0 Å². The van der Waals surface area contributed by atoms with Crippen molar-refractivity contribution in [3.63, 3.8) is 0 Å². The fourth-order valence-electron chi connectivity index (χ4n) is 1.91. The molecule has 0 spiro atoms. The molecule has 0 radical (unpaired) electrons. The molecule has 1 N–H and O–H groups in total. The summed E-state index contributed by atoms with van der Waals surface area (Å²) in [6, 6.07) is 8.23. The molecule has 0 bridgehead atoms. The van der Waals surface area contributed by atoms with Crippen LogP contribution in [0.2, 0.25) is 10.0 Å². The molecule has 19 heavy (non-hydrogen) atoms. The first-order valence-electron chi connectivity index (χ1n) is 5.82. The fourth-order valence-corrected chi connectivity index (χ4v) is 2.63. The Morgan fingerprint density at radius 1 is 1.26 bits per heavy atom. The van der Waals surface area contributed by atoms with Gasteiger partial charge in [-0.15, -0.1) is 0 Å². The van der Waals surface area contributed by atoms with E-state index >= 15 is 0 Å². The van der Waals surface area contributed by atoms with E-state index in [0.29, 0.717) is 5.02 Å². The molecular weight excluding hydrogens is 394 g/mol. The fraction of sp³-hybridized carbons (Fsp3) is 0.214. The second-order valence-corrected chi connectivity index (χ2v) is 6.16. The van der Waals surface area contributed by atoms with Crippen LogP contribution in [-0.4, -0.2) is 12.0 Å². The van der Waals surface area contributed by atoms with Gasteiger partial charge in [-0.05, 0) is 65.4 Å². The third kappa shape index (κ3) is 3.81. The number of rotatable bonds is 4. The van der Waals surface area contributed by atoms with Crippen molar-refractivity contribution in [2.45, 2.75) is 12.5 Å². The van der Waals surface area contributed by atoms with Crippen molar-refractivity contribution in [3.8, 4) is 0 Å². The Morgan fingerprint density at radius 2 is 2.05 bits per heavy atom. The largest absolute Gasteiger partial charge is 0.313 e. The summed E-state index contributed by atoms with van der Waals surface area (Å²) in [4.78, 5) is 4.00. The van der Waals surface area contributed by atoms with Gasteiger partial charge in [-0.3, -0.25) is 4.98 Å². The molecule has 1 heterocycles. The summed E-state index contributed by atoms with van der Waals surface area (Å²) in [6.07, 6.45) is 4.23. The van der Waals surface area contributed by atoms with Gasteiger partial charge in [-0.2, -0.15) is 0 Å². The molecular formula is C14H13Cl2IN2. The minimum Gasteiger partial charge on any atom is -0.313 e. The SMILES string of the molecule is CNC(Cc1ccncc1Cl)c1ccc(I)c(Cl)c1. The normalized spacial score (nSPS) is 12.4. The molecule has 0 aliphatic carbocycles. The van der Waals surface area contributed by atoms with Gasteiger partial charge in [0.05, 0.1) is 10.0 Å². The van der Waals surface area contributed by atoms with Crippen molar-refractivity contribution >= 4 is 45.8 Å². The van der Waals surface area contributed by atoms with Crippen LogP contribution in [-0.2, 0) is 6.42 Å². The topological polar surface area (TPSA) is 24.9 Å². The van der Waals surface area contributed by atoms with Gasteiger partial charge in [0.25, 0.3) is 0 Å². The lowest BCUT2D eigenvalue weighted by Crippen LogP contribution is -2.19. The summed E-state index contributed by atoms with van der Waals surface area (Å²) in [5, 5.41) is 4.77. The number of halogens is 3. The highest BCUT2D eigenvalue weighted by Crippen LogP contribution is 2.26. The van der Waals surface area contributed by atoms with Crippen molar-refractivity contribution in [1.29, 1.82) is 0 Å². The Bertz CT molecular complexity index is 575. The molecule has 100 valence electrons. The molecule has 1 atom stereocenters. The van der Waals surface area contributed by atoms with Crippen molar-refractivity contribution in [3.05, 3.63) is 61.4 Å². The highest BCUT2D eigenvalue weighted by Gasteiger charge is 2.13. The van der Waals surface area contributed by atoms with Gasteiger partial charge >= 0.3 is 0 Å². The van der Waals surface area contributed by atoms with Gasteiger partial charge in [-0.1, -0.05) is 29.3 Å². The molecule has 0 saturated heterocycles. The first-order chi connectivity index (χ1) is 9.11. The molecule has 2 aromatic rings. The van der Waals surface area contributed by atoms with Crippen LogP contribution in [0.1, 0.15) is 17.2 Å². The van der Waals surface area contributed by atoms with Crippen molar-refractivity contribution in [1.82, 2.24) is 10.3 Å². The molecule has 0 fully saturated rings. The lowest BCUT2D eigenvalue weighted by Gasteiger charge is -2.18. The van der Waals surface area contributed by atoms with E-state index in [1.54, 1.807) is 12.4 Å². The van der Waals surface area contributed by atoms with Crippen LogP contribution in [0.5, 0.6) is 0 Å². The predicted molar refractivity (Wildman–Crippen MR) is 88.9 cm³/mol. The van der Waals surface area contributed by atoms with Crippen LogP contribution in [0.25, 0.3) is 0 Å². The quantitative estimate of drug-likeness (QED) is 0.756. The van der Waals surface area contributed by atoms with E-state index < -0.39 is 0 Å². The Hall–Kier alpha value is -0.360. The summed E-state index contributed by atoms with van der Waals surface area (Å²) >= 11 is 14.6. The van der Waals surface area contributed by atoms with Gasteiger partial charge in [0, 0.05) is 22.0 Å². The smallest absolute Gasteiger partial charge is 0.0622 e. The zero-order valence-corrected chi connectivity index (χ0v) is 14.0. The van der Waals surface area contributed by atoms with Crippen LogP contribution in [0.4, 0.5) is 0 Å². The molecule has 0 amide bonds. The minimum absolute atomic E-state index is 0.175. The molecule has 0 saturated carbocycles. The maximum absolute atomic E-state index is 6.18. The molecule has 1 unspecified atom stereocenters. The van der Waals surface area contributed by atoms with Gasteiger partial charge in [0.15, 0.2) is 0 Å². The summed E-state index contributed by atoms with van der Waals surface area (Å²) in [5.41, 5.74) is 2.23. The van der Waals surface area contributed by atoms with Gasteiger partial charge in [0.1, 0.15) is 0 Å². The lowest BCUT2D eigenvalue weighted by molar-refractivity contribution is 0.592. The Labute approximate surface area is 136 Å². The monoisotopic (exact) mass is 406 g/mol. The number of likely N-dealkylation sites (N-methyl/N-ethyl adjacent to an activating group) is 1. The Morgan fingerprint density at radius 3 is 2.68 bits per heavy atom. The van der Waals surface area contributed by atoms with E-state index in [4.69, 9.17) is 23.2 Å². The van der Waals surface area contributed by atoms with E-state index in [1.165, 1.54) is 0 Å². The molecule has 2 nitrogen and oxygen atoms in total. The summed E-state index contributed by atoms with van der Waals surface area (Å²) < 4.78 is 1.06. The second-order valence-electron chi connectivity index (χ2n) is 4.19. The standard InChI is InChI=1S/C14H13Cl2IN2/c1-18-14(7-9-4-5-19-8-12(9)16)10-2-3-13(17)11(15)6-10/h2-6,8,14,18H,7H2,1H3. The third-order valence-corrected chi connectivity index (χ3v) is 4.89. The number of hydrogen-bond donors (Lipinski definition) is 1. The van der Waals surface area contributed by atoms with Crippen molar-refractivity contribution < 1.29 is 0 Å². The number of pyridine rings is 1. The molecule has 5 heteroatoms. The zero-order chi connectivity index (χ0) is 13.8. The highest BCUT2D eigenvalue weighted by atomic mass is 127. The maximum Gasteiger partial charge on any atom is 0.0622 e. The third-order valence-electron chi connectivity index (χ3n) is 2.97. The molecule has 1 aromatic heterocycles. The van der Waals surface area contributed by atoms with Crippen LogP contribution >= 0.6 is 45.8 Å². The summed E-state index contributed by atoms with van der Waals surface area (Å²) in [5.74, 6) is 0. The molecule has 2 rings (SSSR count). The van der Waals surface area contributed by atoms with Crippen molar-refractivity contribution in [2.24, 2.45) is 0 Å². The molecule has 1 aromatic carbocycles. The molecule has 0 aliphatic heterocycles. The number of nitrogens with one attached hydrogen (secondary N) is 1. The Kier molecular flexibility index (Phi) is 5.45. The van der Waals surface area contributed by atoms with Crippen LogP contribution in [0, 0.1) is 3.57 Å². The van der Waals surface area contributed by atoms with Gasteiger partial charge < -0.3 is 5.32 Å². The number of aromatic nitrogens is 1. The maximum atomic E-state index is 6.18. The van der Waals surface area contributed by atoms with E-state index in [1.807, 2.05) is 25.2 Å². The van der Waals surface area contributed by atoms with E-state index in [2.05, 4.69) is 39.0 Å². The van der Waals surface area contributed by atoms with E-state index in [0.717, 1.165) is 26.1 Å². The van der Waals surface area contributed by atoms with Crippen molar-refractivity contribution in [2.75, 3.05) is 7.05 Å². The first-order valence-corrected chi connectivity index (χ1v) is 7.66. The minimum atomic E-state index is 0.175. The summed E-state index contributed by atoms with van der Waals surface area (Å²) in [7, 11) is 1.94.